The standard InChI is InChI=1S/C20H16Cl2N2O2/c21-15-7-5-13(6-8-15)14-9-10-24(12-14)20(25)17-11-23-26-19(17)16-3-1-2-4-18(16)22/h1-8,11,14H,9-10,12H2. The second-order valence-corrected chi connectivity index (χ2v) is 7.18. The molecule has 6 heteroatoms. The minimum atomic E-state index is -0.0855. The molecule has 0 spiro atoms. The molecule has 0 radical (unpaired) electrons. The number of hydrogen-bond acceptors (Lipinski definition) is 3. The molecule has 0 saturated carbocycles. The van der Waals surface area contributed by atoms with Gasteiger partial charge < -0.3 is 9.42 Å². The van der Waals surface area contributed by atoms with Crippen molar-refractivity contribution in [3.63, 3.8) is 0 Å². The highest BCUT2D eigenvalue weighted by molar-refractivity contribution is 6.33. The summed E-state index contributed by atoms with van der Waals surface area (Å²) in [7, 11) is 0. The summed E-state index contributed by atoms with van der Waals surface area (Å²) in [6.07, 6.45) is 2.39. The molecule has 4 nitrogen and oxygen atoms in total. The van der Waals surface area contributed by atoms with Gasteiger partial charge in [-0.3, -0.25) is 4.79 Å². The second kappa shape index (κ2) is 7.14. The quantitative estimate of drug-likeness (QED) is 0.615. The lowest BCUT2D eigenvalue weighted by Gasteiger charge is -2.16. The summed E-state index contributed by atoms with van der Waals surface area (Å²) in [5.74, 6) is 0.632. The Morgan fingerprint density at radius 1 is 1.12 bits per heavy atom. The first-order valence-corrected chi connectivity index (χ1v) is 9.13. The van der Waals surface area contributed by atoms with Gasteiger partial charge in [-0.1, -0.05) is 52.6 Å². The number of amides is 1. The fourth-order valence-corrected chi connectivity index (χ4v) is 3.70. The third kappa shape index (κ3) is 3.22. The maximum absolute atomic E-state index is 13.0. The predicted octanol–water partition coefficient (Wildman–Crippen LogP) is 5.28. The number of nitrogens with zero attached hydrogens (tertiary/aromatic N) is 2. The number of likely N-dealkylation sites (tertiary alicyclic amines) is 1. The van der Waals surface area contributed by atoms with Crippen LogP contribution in [0.4, 0.5) is 0 Å². The molecular formula is C20H16Cl2N2O2. The number of rotatable bonds is 3. The molecule has 1 atom stereocenters. The normalized spacial score (nSPS) is 16.8. The van der Waals surface area contributed by atoms with Crippen molar-refractivity contribution < 1.29 is 9.32 Å². The number of aromatic nitrogens is 1. The summed E-state index contributed by atoms with van der Waals surface area (Å²) < 4.78 is 5.34. The summed E-state index contributed by atoms with van der Waals surface area (Å²) in [6.45, 7) is 1.35. The van der Waals surface area contributed by atoms with Crippen molar-refractivity contribution in [3.05, 3.63) is 75.9 Å². The number of carbonyl (C=O) groups excluding carboxylic acids is 1. The van der Waals surface area contributed by atoms with E-state index in [9.17, 15) is 4.79 Å². The van der Waals surface area contributed by atoms with Gasteiger partial charge in [0.1, 0.15) is 5.56 Å². The summed E-state index contributed by atoms with van der Waals surface area (Å²) in [5, 5.41) is 5.07. The number of hydrogen-bond donors (Lipinski definition) is 0. The highest BCUT2D eigenvalue weighted by Crippen LogP contribution is 2.33. The summed E-state index contributed by atoms with van der Waals surface area (Å²) >= 11 is 12.2. The Morgan fingerprint density at radius 2 is 1.88 bits per heavy atom. The lowest BCUT2D eigenvalue weighted by atomic mass is 9.99. The molecule has 1 aliphatic rings. The lowest BCUT2D eigenvalue weighted by Crippen LogP contribution is -2.28. The average molecular weight is 387 g/mol. The van der Waals surface area contributed by atoms with Gasteiger partial charge in [0.2, 0.25) is 0 Å². The van der Waals surface area contributed by atoms with Gasteiger partial charge in [-0.05, 0) is 36.2 Å². The van der Waals surface area contributed by atoms with Crippen LogP contribution in [0.25, 0.3) is 11.3 Å². The third-order valence-corrected chi connectivity index (χ3v) is 5.32. The monoisotopic (exact) mass is 386 g/mol. The Kier molecular flexibility index (Phi) is 4.70. The van der Waals surface area contributed by atoms with E-state index in [0.717, 1.165) is 6.42 Å². The molecule has 0 aliphatic carbocycles. The third-order valence-electron chi connectivity index (χ3n) is 4.74. The molecule has 132 valence electrons. The predicted molar refractivity (Wildman–Crippen MR) is 102 cm³/mol. The topological polar surface area (TPSA) is 46.3 Å². The molecule has 2 heterocycles. The number of benzene rings is 2. The van der Waals surface area contributed by atoms with E-state index in [2.05, 4.69) is 5.16 Å². The minimum Gasteiger partial charge on any atom is -0.355 e. The molecule has 1 fully saturated rings. The van der Waals surface area contributed by atoms with E-state index in [0.29, 0.717) is 45.9 Å². The van der Waals surface area contributed by atoms with Crippen molar-refractivity contribution in [1.82, 2.24) is 10.1 Å². The zero-order chi connectivity index (χ0) is 18.1. The zero-order valence-corrected chi connectivity index (χ0v) is 15.4. The van der Waals surface area contributed by atoms with E-state index in [1.807, 2.05) is 47.4 Å². The molecule has 1 unspecified atom stereocenters. The Labute approximate surface area is 161 Å². The highest BCUT2D eigenvalue weighted by Gasteiger charge is 2.31. The molecule has 1 aliphatic heterocycles. The van der Waals surface area contributed by atoms with Crippen LogP contribution < -0.4 is 0 Å². The van der Waals surface area contributed by atoms with E-state index >= 15 is 0 Å². The SMILES string of the molecule is O=C(c1cnoc1-c1ccccc1Cl)N1CCC(c2ccc(Cl)cc2)C1. The van der Waals surface area contributed by atoms with Crippen molar-refractivity contribution in [2.75, 3.05) is 13.1 Å². The molecule has 1 amide bonds. The Hall–Kier alpha value is -2.30. The first-order valence-electron chi connectivity index (χ1n) is 8.38. The number of halogens is 2. The van der Waals surface area contributed by atoms with Crippen LogP contribution in [0.5, 0.6) is 0 Å². The highest BCUT2D eigenvalue weighted by atomic mass is 35.5. The second-order valence-electron chi connectivity index (χ2n) is 6.34. The van der Waals surface area contributed by atoms with Crippen molar-refractivity contribution in [2.24, 2.45) is 0 Å². The van der Waals surface area contributed by atoms with E-state index in [1.54, 1.807) is 6.07 Å². The van der Waals surface area contributed by atoms with Crippen molar-refractivity contribution in [2.45, 2.75) is 12.3 Å². The smallest absolute Gasteiger partial charge is 0.259 e. The Morgan fingerprint density at radius 3 is 2.65 bits per heavy atom. The molecule has 3 aromatic rings. The van der Waals surface area contributed by atoms with E-state index < -0.39 is 0 Å². The average Bonchev–Trinajstić information content (AvgIpc) is 3.32. The van der Waals surface area contributed by atoms with Crippen LogP contribution in [-0.4, -0.2) is 29.1 Å². The summed E-state index contributed by atoms with van der Waals surface area (Å²) in [4.78, 5) is 14.8. The van der Waals surface area contributed by atoms with Gasteiger partial charge in [0, 0.05) is 29.6 Å². The van der Waals surface area contributed by atoms with Crippen LogP contribution in [0.1, 0.15) is 28.3 Å². The van der Waals surface area contributed by atoms with Gasteiger partial charge in [0.15, 0.2) is 5.76 Å². The Bertz CT molecular complexity index is 937. The van der Waals surface area contributed by atoms with Crippen LogP contribution in [0.3, 0.4) is 0 Å². The van der Waals surface area contributed by atoms with Gasteiger partial charge in [0.25, 0.3) is 5.91 Å². The molecule has 26 heavy (non-hydrogen) atoms. The molecule has 0 bridgehead atoms. The van der Waals surface area contributed by atoms with Crippen LogP contribution in [0, 0.1) is 0 Å². The molecule has 1 aromatic heterocycles. The molecule has 4 rings (SSSR count). The fourth-order valence-electron chi connectivity index (χ4n) is 3.35. The number of carbonyl (C=O) groups is 1. The maximum atomic E-state index is 13.0. The fraction of sp³-hybridized carbons (Fsp3) is 0.200. The largest absolute Gasteiger partial charge is 0.355 e. The molecular weight excluding hydrogens is 371 g/mol. The van der Waals surface area contributed by atoms with E-state index in [4.69, 9.17) is 27.7 Å². The van der Waals surface area contributed by atoms with Gasteiger partial charge in [-0.15, -0.1) is 0 Å². The van der Waals surface area contributed by atoms with Crippen molar-refractivity contribution >= 4 is 29.1 Å². The molecule has 0 N–H and O–H groups in total. The zero-order valence-electron chi connectivity index (χ0n) is 13.9. The van der Waals surface area contributed by atoms with Gasteiger partial charge in [0.05, 0.1) is 11.2 Å². The van der Waals surface area contributed by atoms with Crippen LogP contribution >= 0.6 is 23.2 Å². The van der Waals surface area contributed by atoms with Gasteiger partial charge in [-0.2, -0.15) is 0 Å². The summed E-state index contributed by atoms with van der Waals surface area (Å²) in [6, 6.07) is 15.1. The van der Waals surface area contributed by atoms with Crippen LogP contribution in [-0.2, 0) is 0 Å². The van der Waals surface area contributed by atoms with E-state index in [1.165, 1.54) is 11.8 Å². The molecule has 2 aromatic carbocycles. The van der Waals surface area contributed by atoms with E-state index in [-0.39, 0.29) is 5.91 Å². The first kappa shape index (κ1) is 17.1. The Balaban J connectivity index is 1.56. The summed E-state index contributed by atoms with van der Waals surface area (Å²) in [5.41, 5.74) is 2.31. The van der Waals surface area contributed by atoms with Crippen molar-refractivity contribution in [1.29, 1.82) is 0 Å². The van der Waals surface area contributed by atoms with Crippen LogP contribution in [0.2, 0.25) is 10.0 Å². The van der Waals surface area contributed by atoms with Gasteiger partial charge >= 0.3 is 0 Å². The maximum Gasteiger partial charge on any atom is 0.259 e. The molecule has 1 saturated heterocycles. The lowest BCUT2D eigenvalue weighted by molar-refractivity contribution is 0.0791. The van der Waals surface area contributed by atoms with Gasteiger partial charge in [-0.25, -0.2) is 0 Å². The first-order chi connectivity index (χ1) is 12.6. The van der Waals surface area contributed by atoms with Crippen molar-refractivity contribution in [3.8, 4) is 11.3 Å². The van der Waals surface area contributed by atoms with Crippen LogP contribution in [0.15, 0.2) is 59.3 Å². The minimum absolute atomic E-state index is 0.0855.